The molecule has 0 bridgehead atoms. The number of anilines is 3. The molecule has 0 saturated carbocycles. The van der Waals surface area contributed by atoms with Crippen molar-refractivity contribution in [3.05, 3.63) is 59.7 Å². The number of oxazole rings is 1. The number of piperazine rings is 1. The normalized spacial score (nSPS) is 14.7. The molecule has 2 aromatic heterocycles. The second-order valence-electron chi connectivity index (χ2n) is 7.02. The summed E-state index contributed by atoms with van der Waals surface area (Å²) >= 11 is 0. The topological polar surface area (TPSA) is 61.8 Å². The van der Waals surface area contributed by atoms with Crippen molar-refractivity contribution < 1.29 is 4.42 Å². The van der Waals surface area contributed by atoms with Gasteiger partial charge in [0.1, 0.15) is 5.82 Å². The van der Waals surface area contributed by atoms with Crippen molar-refractivity contribution in [2.75, 3.05) is 43.4 Å². The first-order valence-electron chi connectivity index (χ1n) is 9.22. The van der Waals surface area contributed by atoms with E-state index in [1.54, 1.807) is 18.5 Å². The van der Waals surface area contributed by atoms with E-state index < -0.39 is 0 Å². The summed E-state index contributed by atoms with van der Waals surface area (Å²) in [7, 11) is 2.12. The molecule has 3 aromatic rings. The Bertz CT molecular complexity index is 1010. The van der Waals surface area contributed by atoms with Gasteiger partial charge < -0.3 is 19.5 Å². The van der Waals surface area contributed by atoms with E-state index >= 15 is 0 Å². The first-order chi connectivity index (χ1) is 13.6. The maximum absolute atomic E-state index is 7.42. The van der Waals surface area contributed by atoms with Gasteiger partial charge >= 0.3 is 0 Å². The molecule has 7 nitrogen and oxygen atoms in total. The Morgan fingerprint density at radius 1 is 1.11 bits per heavy atom. The summed E-state index contributed by atoms with van der Waals surface area (Å²) < 4.78 is 6.02. The predicted molar refractivity (Wildman–Crippen MR) is 110 cm³/mol. The molecule has 0 spiro atoms. The summed E-state index contributed by atoms with van der Waals surface area (Å²) in [4.78, 5) is 16.8. The Labute approximate surface area is 164 Å². The molecule has 1 aliphatic heterocycles. The molecule has 0 atom stereocenters. The zero-order valence-electron chi connectivity index (χ0n) is 16.0. The average Bonchev–Trinajstić information content (AvgIpc) is 3.18. The SMILES string of the molecule is [C-]#[N+]c1cc(Nc2cc(C)ccn2)cc(-c2cnc(N3CCN(C)CC3)o2)c1. The Balaban J connectivity index is 1.60. The van der Waals surface area contributed by atoms with Gasteiger partial charge in [0.2, 0.25) is 0 Å². The zero-order valence-corrected chi connectivity index (χ0v) is 16.0. The van der Waals surface area contributed by atoms with E-state index in [-0.39, 0.29) is 0 Å². The van der Waals surface area contributed by atoms with Crippen molar-refractivity contribution in [1.29, 1.82) is 0 Å². The van der Waals surface area contributed by atoms with Gasteiger partial charge in [-0.3, -0.25) is 0 Å². The number of likely N-dealkylation sites (N-methyl/N-ethyl adjacent to an activating group) is 1. The minimum atomic E-state index is 0.533. The van der Waals surface area contributed by atoms with Crippen LogP contribution < -0.4 is 10.2 Å². The van der Waals surface area contributed by atoms with Crippen molar-refractivity contribution in [3.63, 3.8) is 0 Å². The second-order valence-corrected chi connectivity index (χ2v) is 7.02. The molecule has 142 valence electrons. The highest BCUT2D eigenvalue weighted by atomic mass is 16.4. The van der Waals surface area contributed by atoms with Gasteiger partial charge in [-0.15, -0.1) is 0 Å². The highest BCUT2D eigenvalue weighted by Gasteiger charge is 2.19. The molecule has 1 aliphatic rings. The van der Waals surface area contributed by atoms with Gasteiger partial charge in [-0.25, -0.2) is 14.8 Å². The molecular weight excluding hydrogens is 352 g/mol. The molecule has 4 rings (SSSR count). The molecule has 0 unspecified atom stereocenters. The fourth-order valence-electron chi connectivity index (χ4n) is 3.18. The summed E-state index contributed by atoms with van der Waals surface area (Å²) in [5, 5.41) is 3.27. The van der Waals surface area contributed by atoms with E-state index in [4.69, 9.17) is 11.0 Å². The molecule has 0 amide bonds. The van der Waals surface area contributed by atoms with E-state index in [2.05, 4.69) is 37.0 Å². The summed E-state index contributed by atoms with van der Waals surface area (Å²) in [5.41, 5.74) is 3.26. The van der Waals surface area contributed by atoms with Gasteiger partial charge in [-0.1, -0.05) is 0 Å². The zero-order chi connectivity index (χ0) is 19.5. The van der Waals surface area contributed by atoms with Crippen LogP contribution in [-0.2, 0) is 0 Å². The molecule has 3 heterocycles. The van der Waals surface area contributed by atoms with Crippen LogP contribution in [0.2, 0.25) is 0 Å². The summed E-state index contributed by atoms with van der Waals surface area (Å²) in [6.45, 7) is 13.2. The summed E-state index contributed by atoms with van der Waals surface area (Å²) in [6.07, 6.45) is 3.49. The molecule has 7 heteroatoms. The van der Waals surface area contributed by atoms with Crippen molar-refractivity contribution in [2.45, 2.75) is 6.92 Å². The lowest BCUT2D eigenvalue weighted by atomic mass is 10.1. The van der Waals surface area contributed by atoms with Gasteiger partial charge in [0.25, 0.3) is 6.01 Å². The summed E-state index contributed by atoms with van der Waals surface area (Å²) in [5.74, 6) is 1.39. The van der Waals surface area contributed by atoms with Crippen LogP contribution in [0.25, 0.3) is 16.2 Å². The van der Waals surface area contributed by atoms with Crippen molar-refractivity contribution in [1.82, 2.24) is 14.9 Å². The number of aryl methyl sites for hydroxylation is 1. The molecule has 1 N–H and O–H groups in total. The van der Waals surface area contributed by atoms with E-state index in [0.29, 0.717) is 17.5 Å². The third-order valence-electron chi connectivity index (χ3n) is 4.79. The molecule has 0 aliphatic carbocycles. The second kappa shape index (κ2) is 7.71. The van der Waals surface area contributed by atoms with Gasteiger partial charge in [0, 0.05) is 43.6 Å². The minimum Gasteiger partial charge on any atom is -0.424 e. The van der Waals surface area contributed by atoms with Crippen LogP contribution in [0.4, 0.5) is 23.2 Å². The third kappa shape index (κ3) is 3.97. The van der Waals surface area contributed by atoms with E-state index in [9.17, 15) is 0 Å². The van der Waals surface area contributed by atoms with Crippen LogP contribution in [0.5, 0.6) is 0 Å². The first-order valence-corrected chi connectivity index (χ1v) is 9.22. The first kappa shape index (κ1) is 18.0. The van der Waals surface area contributed by atoms with Crippen LogP contribution >= 0.6 is 0 Å². The van der Waals surface area contributed by atoms with Crippen LogP contribution in [0.3, 0.4) is 0 Å². The van der Waals surface area contributed by atoms with Crippen LogP contribution in [0, 0.1) is 13.5 Å². The summed E-state index contributed by atoms with van der Waals surface area (Å²) in [6, 6.07) is 10.1. The number of rotatable bonds is 4. The largest absolute Gasteiger partial charge is 0.424 e. The number of hydrogen-bond acceptors (Lipinski definition) is 6. The lowest BCUT2D eigenvalue weighted by molar-refractivity contribution is 0.305. The minimum absolute atomic E-state index is 0.533. The Morgan fingerprint density at radius 2 is 1.93 bits per heavy atom. The van der Waals surface area contributed by atoms with Crippen molar-refractivity contribution in [3.8, 4) is 11.3 Å². The van der Waals surface area contributed by atoms with Gasteiger partial charge in [0.15, 0.2) is 11.4 Å². The maximum atomic E-state index is 7.42. The third-order valence-corrected chi connectivity index (χ3v) is 4.79. The Hall–Kier alpha value is -3.37. The number of aromatic nitrogens is 2. The highest BCUT2D eigenvalue weighted by Crippen LogP contribution is 2.32. The van der Waals surface area contributed by atoms with Crippen molar-refractivity contribution >= 4 is 23.2 Å². The van der Waals surface area contributed by atoms with Gasteiger partial charge in [0.05, 0.1) is 12.8 Å². The number of nitrogens with zero attached hydrogens (tertiary/aromatic N) is 5. The monoisotopic (exact) mass is 374 g/mol. The van der Waals surface area contributed by atoms with E-state index in [0.717, 1.165) is 48.8 Å². The Morgan fingerprint density at radius 3 is 2.68 bits per heavy atom. The average molecular weight is 374 g/mol. The standard InChI is InChI=1S/C21H22N6O/c1-15-4-5-23-20(10-15)25-18-12-16(11-17(13-18)22-2)19-14-24-21(28-19)27-8-6-26(3)7-9-27/h4-5,10-14H,6-9H2,1,3H3,(H,23,25). The fraction of sp³-hybridized carbons (Fsp3) is 0.286. The highest BCUT2D eigenvalue weighted by molar-refractivity contribution is 5.74. The number of nitrogens with one attached hydrogen (secondary N) is 1. The molecule has 1 fully saturated rings. The molecule has 0 radical (unpaired) electrons. The van der Waals surface area contributed by atoms with Gasteiger partial charge in [-0.2, -0.15) is 0 Å². The molecule has 1 aromatic carbocycles. The number of pyridine rings is 1. The maximum Gasteiger partial charge on any atom is 0.297 e. The lowest BCUT2D eigenvalue weighted by Crippen LogP contribution is -2.44. The van der Waals surface area contributed by atoms with Crippen LogP contribution in [-0.4, -0.2) is 48.1 Å². The number of benzene rings is 1. The van der Waals surface area contributed by atoms with Crippen molar-refractivity contribution in [2.24, 2.45) is 0 Å². The van der Waals surface area contributed by atoms with Crippen LogP contribution in [0.1, 0.15) is 5.56 Å². The molecule has 28 heavy (non-hydrogen) atoms. The fourth-order valence-corrected chi connectivity index (χ4v) is 3.18. The van der Waals surface area contributed by atoms with Crippen LogP contribution in [0.15, 0.2) is 47.1 Å². The smallest absolute Gasteiger partial charge is 0.297 e. The lowest BCUT2D eigenvalue weighted by Gasteiger charge is -2.31. The Kier molecular flexibility index (Phi) is 4.96. The van der Waals surface area contributed by atoms with Gasteiger partial charge in [-0.05, 0) is 49.9 Å². The van der Waals surface area contributed by atoms with E-state index in [1.165, 1.54) is 0 Å². The molecular formula is C21H22N6O. The predicted octanol–water partition coefficient (Wildman–Crippen LogP) is 4.09. The quantitative estimate of drug-likeness (QED) is 0.694. The molecule has 1 saturated heterocycles. The van der Waals surface area contributed by atoms with E-state index in [1.807, 2.05) is 31.2 Å². The number of hydrogen-bond donors (Lipinski definition) is 1.